The van der Waals surface area contributed by atoms with Gasteiger partial charge in [0, 0.05) is 24.3 Å². The maximum atomic E-state index is 6.36. The third-order valence-corrected chi connectivity index (χ3v) is 4.88. The number of likely N-dealkylation sites (tertiary alicyclic amines) is 1. The van der Waals surface area contributed by atoms with Gasteiger partial charge in [-0.25, -0.2) is 9.97 Å². The number of benzene rings is 2. The molecule has 2 heterocycles. The smallest absolute Gasteiger partial charge is 0.145 e. The molecule has 6 heteroatoms. The van der Waals surface area contributed by atoms with E-state index >= 15 is 0 Å². The molecule has 144 valence electrons. The van der Waals surface area contributed by atoms with E-state index in [-0.39, 0.29) is 18.5 Å². The van der Waals surface area contributed by atoms with Crippen LogP contribution in [0.3, 0.4) is 0 Å². The molecule has 0 spiro atoms. The van der Waals surface area contributed by atoms with Gasteiger partial charge in [0.05, 0.1) is 10.9 Å². The molecule has 28 heavy (non-hydrogen) atoms. The topological polar surface area (TPSA) is 50.3 Å². The van der Waals surface area contributed by atoms with Gasteiger partial charge in [-0.15, -0.1) is 18.8 Å². The lowest BCUT2D eigenvalue weighted by Gasteiger charge is -2.29. The minimum Gasteiger partial charge on any atom is -0.489 e. The van der Waals surface area contributed by atoms with Crippen molar-refractivity contribution < 1.29 is 4.74 Å². The number of nitrogens with zero attached hydrogens (tertiary/aromatic N) is 3. The molecular weight excluding hydrogens is 372 g/mol. The molecule has 4 rings (SSSR count). The molecule has 0 amide bonds. The highest BCUT2D eigenvalue weighted by Crippen LogP contribution is 2.33. The second-order valence-corrected chi connectivity index (χ2v) is 6.84. The summed E-state index contributed by atoms with van der Waals surface area (Å²) in [5.41, 5.74) is 2.56. The van der Waals surface area contributed by atoms with Crippen LogP contribution in [0.2, 0.25) is 0 Å². The van der Waals surface area contributed by atoms with E-state index < -0.39 is 0 Å². The van der Waals surface area contributed by atoms with E-state index in [1.54, 1.807) is 6.33 Å². The van der Waals surface area contributed by atoms with E-state index in [9.17, 15) is 0 Å². The van der Waals surface area contributed by atoms with Gasteiger partial charge in [-0.05, 0) is 50.2 Å². The molecule has 1 aromatic heterocycles. The van der Waals surface area contributed by atoms with E-state index in [0.717, 1.165) is 59.7 Å². The van der Waals surface area contributed by atoms with E-state index in [1.807, 2.05) is 42.5 Å². The average Bonchev–Trinajstić information content (AvgIpc) is 2.70. The molecular formula is C22H23ClN4O. The van der Waals surface area contributed by atoms with Gasteiger partial charge in [0.1, 0.15) is 24.0 Å². The number of ether oxygens (including phenoxy) is 1. The van der Waals surface area contributed by atoms with Crippen LogP contribution < -0.4 is 10.1 Å². The highest BCUT2D eigenvalue weighted by Gasteiger charge is 2.20. The molecule has 1 fully saturated rings. The number of rotatable bonds is 4. The standard InChI is InChI=1S/C22H22N4O.ClH/c1-3-16-6-4-7-17(14-16)25-22-21-19(23-15-24-22)8-5-9-20(21)27-18-10-12-26(2)13-11-18;/h1,4-9,14-15,18H,10-13H2,2H3,(H,23,24,25);1H. The Hall–Kier alpha value is -2.81. The molecule has 0 radical (unpaired) electrons. The van der Waals surface area contributed by atoms with Crippen molar-refractivity contribution in [3.8, 4) is 18.1 Å². The van der Waals surface area contributed by atoms with Gasteiger partial charge in [-0.3, -0.25) is 0 Å². The predicted molar refractivity (Wildman–Crippen MR) is 116 cm³/mol. The number of hydrogen-bond donors (Lipinski definition) is 1. The van der Waals surface area contributed by atoms with E-state index in [1.165, 1.54) is 0 Å². The lowest BCUT2D eigenvalue weighted by Crippen LogP contribution is -2.35. The van der Waals surface area contributed by atoms with Crippen LogP contribution in [0.1, 0.15) is 18.4 Å². The molecule has 1 aliphatic heterocycles. The fourth-order valence-corrected chi connectivity index (χ4v) is 3.38. The first-order valence-corrected chi connectivity index (χ1v) is 9.15. The molecule has 3 aromatic rings. The quantitative estimate of drug-likeness (QED) is 0.670. The molecule has 1 saturated heterocycles. The summed E-state index contributed by atoms with van der Waals surface area (Å²) in [5.74, 6) is 4.20. The number of nitrogens with one attached hydrogen (secondary N) is 1. The van der Waals surface area contributed by atoms with Gasteiger partial charge in [0.2, 0.25) is 0 Å². The van der Waals surface area contributed by atoms with Crippen molar-refractivity contribution >= 4 is 34.8 Å². The van der Waals surface area contributed by atoms with E-state index in [2.05, 4.69) is 33.2 Å². The summed E-state index contributed by atoms with van der Waals surface area (Å²) in [7, 11) is 2.15. The van der Waals surface area contributed by atoms with Crippen LogP contribution in [0, 0.1) is 12.3 Å². The molecule has 0 saturated carbocycles. The monoisotopic (exact) mass is 394 g/mol. The Morgan fingerprint density at radius 3 is 2.71 bits per heavy atom. The van der Waals surface area contributed by atoms with Crippen molar-refractivity contribution in [2.24, 2.45) is 0 Å². The maximum absolute atomic E-state index is 6.36. The predicted octanol–water partition coefficient (Wildman–Crippen LogP) is 4.25. The van der Waals surface area contributed by atoms with Crippen LogP contribution in [-0.2, 0) is 0 Å². The summed E-state index contributed by atoms with van der Waals surface area (Å²) in [5, 5.41) is 4.26. The Labute approximate surface area is 171 Å². The van der Waals surface area contributed by atoms with Crippen molar-refractivity contribution in [2.75, 3.05) is 25.5 Å². The normalized spacial score (nSPS) is 14.9. The first-order chi connectivity index (χ1) is 13.2. The van der Waals surface area contributed by atoms with Crippen molar-refractivity contribution in [3.63, 3.8) is 0 Å². The number of anilines is 2. The zero-order valence-corrected chi connectivity index (χ0v) is 16.6. The number of piperidine rings is 1. The summed E-state index contributed by atoms with van der Waals surface area (Å²) < 4.78 is 6.36. The van der Waals surface area contributed by atoms with E-state index in [4.69, 9.17) is 11.2 Å². The van der Waals surface area contributed by atoms with Crippen LogP contribution >= 0.6 is 12.4 Å². The van der Waals surface area contributed by atoms with Crippen LogP contribution in [0.4, 0.5) is 11.5 Å². The van der Waals surface area contributed by atoms with Crippen LogP contribution in [-0.4, -0.2) is 41.1 Å². The van der Waals surface area contributed by atoms with Gasteiger partial charge in [0.15, 0.2) is 0 Å². The number of hydrogen-bond acceptors (Lipinski definition) is 5. The Morgan fingerprint density at radius 1 is 1.14 bits per heavy atom. The second-order valence-electron chi connectivity index (χ2n) is 6.84. The molecule has 5 nitrogen and oxygen atoms in total. The zero-order valence-electron chi connectivity index (χ0n) is 15.8. The SMILES string of the molecule is C#Cc1cccc(Nc2ncnc3cccc(OC4CCN(C)CC4)c23)c1.Cl. The zero-order chi connectivity index (χ0) is 18.6. The number of aromatic nitrogens is 2. The van der Waals surface area contributed by atoms with Crippen molar-refractivity contribution in [3.05, 3.63) is 54.4 Å². The van der Waals surface area contributed by atoms with Crippen LogP contribution in [0.25, 0.3) is 10.9 Å². The molecule has 2 aromatic carbocycles. The van der Waals surface area contributed by atoms with Gasteiger partial charge >= 0.3 is 0 Å². The second kappa shape index (κ2) is 8.92. The summed E-state index contributed by atoms with van der Waals surface area (Å²) >= 11 is 0. The molecule has 1 aliphatic rings. The number of halogens is 1. The summed E-state index contributed by atoms with van der Waals surface area (Å²) in [6.07, 6.45) is 9.33. The van der Waals surface area contributed by atoms with Crippen LogP contribution in [0.15, 0.2) is 48.8 Å². The minimum atomic E-state index is 0. The highest BCUT2D eigenvalue weighted by molar-refractivity contribution is 5.95. The maximum Gasteiger partial charge on any atom is 0.145 e. The average molecular weight is 395 g/mol. The number of terminal acetylenes is 1. The fourth-order valence-electron chi connectivity index (χ4n) is 3.38. The Balaban J connectivity index is 0.00000225. The first-order valence-electron chi connectivity index (χ1n) is 9.15. The van der Waals surface area contributed by atoms with Gasteiger partial charge in [-0.2, -0.15) is 0 Å². The summed E-state index contributed by atoms with van der Waals surface area (Å²) in [6, 6.07) is 13.7. The van der Waals surface area contributed by atoms with Crippen molar-refractivity contribution in [1.29, 1.82) is 0 Å². The summed E-state index contributed by atoms with van der Waals surface area (Å²) in [4.78, 5) is 11.2. The third kappa shape index (κ3) is 4.36. The fraction of sp³-hybridized carbons (Fsp3) is 0.273. The lowest BCUT2D eigenvalue weighted by atomic mass is 10.1. The van der Waals surface area contributed by atoms with Crippen molar-refractivity contribution in [2.45, 2.75) is 18.9 Å². The first kappa shape index (κ1) is 19.9. The third-order valence-electron chi connectivity index (χ3n) is 4.88. The van der Waals surface area contributed by atoms with Gasteiger partial charge in [0.25, 0.3) is 0 Å². The Kier molecular flexibility index (Phi) is 6.35. The molecule has 0 bridgehead atoms. The Bertz CT molecular complexity index is 988. The van der Waals surface area contributed by atoms with Gasteiger partial charge < -0.3 is 15.0 Å². The largest absolute Gasteiger partial charge is 0.489 e. The molecule has 0 atom stereocenters. The van der Waals surface area contributed by atoms with Crippen LogP contribution in [0.5, 0.6) is 5.75 Å². The Morgan fingerprint density at radius 2 is 1.93 bits per heavy atom. The lowest BCUT2D eigenvalue weighted by molar-refractivity contribution is 0.116. The van der Waals surface area contributed by atoms with Gasteiger partial charge in [-0.1, -0.05) is 18.1 Å². The molecule has 0 aliphatic carbocycles. The van der Waals surface area contributed by atoms with Crippen molar-refractivity contribution in [1.82, 2.24) is 14.9 Å². The highest BCUT2D eigenvalue weighted by atomic mass is 35.5. The molecule has 1 N–H and O–H groups in total. The minimum absolute atomic E-state index is 0. The van der Waals surface area contributed by atoms with E-state index in [0.29, 0.717) is 0 Å². The summed E-state index contributed by atoms with van der Waals surface area (Å²) in [6.45, 7) is 2.10. The number of fused-ring (bicyclic) bond motifs is 1. The molecule has 0 unspecified atom stereocenters.